The molecule has 2 atom stereocenters. The summed E-state index contributed by atoms with van der Waals surface area (Å²) in [6, 6.07) is 3.72. The second-order valence-corrected chi connectivity index (χ2v) is 8.76. The van der Waals surface area contributed by atoms with Crippen molar-refractivity contribution < 1.29 is 9.59 Å². The Labute approximate surface area is 153 Å². The van der Waals surface area contributed by atoms with E-state index in [9.17, 15) is 9.59 Å². The highest BCUT2D eigenvalue weighted by Crippen LogP contribution is 2.36. The van der Waals surface area contributed by atoms with Crippen molar-refractivity contribution in [3.8, 4) is 11.8 Å². The zero-order valence-corrected chi connectivity index (χ0v) is 16.3. The van der Waals surface area contributed by atoms with Gasteiger partial charge in [0.25, 0.3) is 11.8 Å². The summed E-state index contributed by atoms with van der Waals surface area (Å²) in [5.41, 5.74) is -0.380. The molecule has 2 aliphatic heterocycles. The van der Waals surface area contributed by atoms with Gasteiger partial charge in [-0.1, -0.05) is 5.92 Å². The SMILES string of the molecule is Cc1ccc(N2CC3CCC(C2=O)N3C(=O)C#CC(C)(C)N(C)C)s1. The van der Waals surface area contributed by atoms with Crippen molar-refractivity contribution in [1.82, 2.24) is 9.80 Å². The summed E-state index contributed by atoms with van der Waals surface area (Å²) in [7, 11) is 3.88. The van der Waals surface area contributed by atoms with E-state index in [1.165, 1.54) is 4.88 Å². The quantitative estimate of drug-likeness (QED) is 0.760. The van der Waals surface area contributed by atoms with E-state index in [1.807, 2.05) is 56.8 Å². The van der Waals surface area contributed by atoms with Crippen LogP contribution in [0.25, 0.3) is 0 Å². The lowest BCUT2D eigenvalue weighted by Gasteiger charge is -2.39. The Bertz CT molecular complexity index is 756. The minimum Gasteiger partial charge on any atom is -0.315 e. The monoisotopic (exact) mass is 359 g/mol. The first kappa shape index (κ1) is 18.0. The van der Waals surface area contributed by atoms with Gasteiger partial charge in [0.2, 0.25) is 0 Å². The molecule has 2 bridgehead atoms. The van der Waals surface area contributed by atoms with Crippen LogP contribution in [0.15, 0.2) is 12.1 Å². The normalized spacial score (nSPS) is 23.0. The summed E-state index contributed by atoms with van der Waals surface area (Å²) in [5.74, 6) is 5.63. The molecule has 0 radical (unpaired) electrons. The Morgan fingerprint density at radius 2 is 2.04 bits per heavy atom. The third kappa shape index (κ3) is 3.31. The zero-order valence-electron chi connectivity index (χ0n) is 15.5. The van der Waals surface area contributed by atoms with Crippen molar-refractivity contribution in [3.05, 3.63) is 17.0 Å². The van der Waals surface area contributed by atoms with Gasteiger partial charge in [-0.2, -0.15) is 0 Å². The van der Waals surface area contributed by atoms with Crippen molar-refractivity contribution in [3.63, 3.8) is 0 Å². The Hall–Kier alpha value is -1.84. The molecule has 2 aliphatic rings. The first-order chi connectivity index (χ1) is 11.7. The average Bonchev–Trinajstić information content (AvgIpc) is 3.12. The average molecular weight is 359 g/mol. The largest absolute Gasteiger partial charge is 0.315 e. The predicted octanol–water partition coefficient (Wildman–Crippen LogP) is 2.11. The van der Waals surface area contributed by atoms with Crippen LogP contribution in [0.3, 0.4) is 0 Å². The Kier molecular flexibility index (Phi) is 4.65. The van der Waals surface area contributed by atoms with Crippen LogP contribution in [0.2, 0.25) is 0 Å². The number of hydrogen-bond donors (Lipinski definition) is 0. The lowest BCUT2D eigenvalue weighted by atomic mass is 10.1. The highest BCUT2D eigenvalue weighted by Gasteiger charge is 2.48. The molecule has 2 amide bonds. The number of nitrogens with zero attached hydrogens (tertiary/aromatic N) is 3. The lowest BCUT2D eigenvalue weighted by Crippen LogP contribution is -2.59. The van der Waals surface area contributed by atoms with Gasteiger partial charge in [0, 0.05) is 11.4 Å². The fourth-order valence-corrected chi connectivity index (χ4v) is 4.12. The summed E-state index contributed by atoms with van der Waals surface area (Å²) in [6.45, 7) is 6.56. The van der Waals surface area contributed by atoms with Crippen molar-refractivity contribution in [1.29, 1.82) is 0 Å². The number of amides is 2. The molecule has 2 saturated heterocycles. The summed E-state index contributed by atoms with van der Waals surface area (Å²) in [5, 5.41) is 0.978. The first-order valence-electron chi connectivity index (χ1n) is 8.61. The number of thiophene rings is 1. The van der Waals surface area contributed by atoms with E-state index in [-0.39, 0.29) is 29.4 Å². The molecule has 1 aromatic rings. The van der Waals surface area contributed by atoms with Gasteiger partial charge in [-0.25, -0.2) is 0 Å². The topological polar surface area (TPSA) is 43.9 Å². The van der Waals surface area contributed by atoms with Crippen LogP contribution in [-0.4, -0.2) is 59.9 Å². The molecule has 0 N–H and O–H groups in total. The van der Waals surface area contributed by atoms with Crippen molar-refractivity contribution >= 4 is 28.2 Å². The number of aryl methyl sites for hydroxylation is 1. The van der Waals surface area contributed by atoms with E-state index >= 15 is 0 Å². The molecule has 6 heteroatoms. The molecular formula is C19H25N3O2S. The molecule has 0 saturated carbocycles. The standard InChI is InChI=1S/C19H25N3O2S/c1-13-6-9-17(25-13)21-12-14-7-8-15(18(21)24)22(14)16(23)10-11-19(2,3)20(4)5/h6,9,14-15H,7-8,12H2,1-5H3. The number of fused-ring (bicyclic) bond motifs is 2. The van der Waals surface area contributed by atoms with Crippen molar-refractivity contribution in [2.75, 3.05) is 25.5 Å². The van der Waals surface area contributed by atoms with Gasteiger partial charge in [-0.15, -0.1) is 11.3 Å². The molecule has 25 heavy (non-hydrogen) atoms. The van der Waals surface area contributed by atoms with E-state index in [0.717, 1.165) is 17.8 Å². The molecular weight excluding hydrogens is 334 g/mol. The van der Waals surface area contributed by atoms with E-state index in [4.69, 9.17) is 0 Å². The minimum atomic E-state index is -0.380. The van der Waals surface area contributed by atoms with Gasteiger partial charge < -0.3 is 4.90 Å². The molecule has 5 nitrogen and oxygen atoms in total. The third-order valence-corrected chi connectivity index (χ3v) is 6.29. The number of hydrogen-bond acceptors (Lipinski definition) is 4. The fraction of sp³-hybridized carbons (Fsp3) is 0.579. The van der Waals surface area contributed by atoms with Gasteiger partial charge in [0.1, 0.15) is 6.04 Å². The Morgan fingerprint density at radius 3 is 2.64 bits per heavy atom. The van der Waals surface area contributed by atoms with Crippen LogP contribution < -0.4 is 4.90 Å². The smallest absolute Gasteiger partial charge is 0.299 e. The maximum absolute atomic E-state index is 12.9. The van der Waals surface area contributed by atoms with Crippen LogP contribution in [-0.2, 0) is 9.59 Å². The van der Waals surface area contributed by atoms with Crippen LogP contribution >= 0.6 is 11.3 Å². The number of rotatable bonds is 2. The second-order valence-electron chi connectivity index (χ2n) is 7.50. The second kappa shape index (κ2) is 6.47. The van der Waals surface area contributed by atoms with E-state index in [0.29, 0.717) is 6.54 Å². The van der Waals surface area contributed by atoms with Crippen molar-refractivity contribution in [2.24, 2.45) is 0 Å². The maximum Gasteiger partial charge on any atom is 0.299 e. The number of carbonyl (C=O) groups is 2. The van der Waals surface area contributed by atoms with Gasteiger partial charge in [-0.05, 0) is 65.8 Å². The molecule has 0 aliphatic carbocycles. The summed E-state index contributed by atoms with van der Waals surface area (Å²) in [6.07, 6.45) is 1.59. The van der Waals surface area contributed by atoms with E-state index < -0.39 is 0 Å². The number of anilines is 1. The Morgan fingerprint density at radius 1 is 1.32 bits per heavy atom. The number of piperazine rings is 1. The molecule has 2 fully saturated rings. The molecule has 0 spiro atoms. The Balaban J connectivity index is 1.79. The van der Waals surface area contributed by atoms with Crippen LogP contribution in [0, 0.1) is 18.8 Å². The van der Waals surface area contributed by atoms with Gasteiger partial charge in [-0.3, -0.25) is 19.4 Å². The zero-order chi connectivity index (χ0) is 18.4. The predicted molar refractivity (Wildman–Crippen MR) is 101 cm³/mol. The van der Waals surface area contributed by atoms with E-state index in [1.54, 1.807) is 16.2 Å². The van der Waals surface area contributed by atoms with Gasteiger partial charge in [0.05, 0.1) is 16.6 Å². The van der Waals surface area contributed by atoms with Crippen LogP contribution in [0.4, 0.5) is 5.00 Å². The molecule has 134 valence electrons. The minimum absolute atomic E-state index is 0.0256. The van der Waals surface area contributed by atoms with Gasteiger partial charge >= 0.3 is 0 Å². The third-order valence-electron chi connectivity index (χ3n) is 5.27. The molecule has 2 unspecified atom stereocenters. The van der Waals surface area contributed by atoms with Crippen LogP contribution in [0.5, 0.6) is 0 Å². The highest BCUT2D eigenvalue weighted by molar-refractivity contribution is 7.16. The number of carbonyl (C=O) groups excluding carboxylic acids is 2. The van der Waals surface area contributed by atoms with E-state index in [2.05, 4.69) is 11.8 Å². The summed E-state index contributed by atoms with van der Waals surface area (Å²) < 4.78 is 0. The molecule has 1 aromatic heterocycles. The highest BCUT2D eigenvalue weighted by atomic mass is 32.1. The molecule has 3 heterocycles. The lowest BCUT2D eigenvalue weighted by molar-refractivity contribution is -0.137. The summed E-state index contributed by atoms with van der Waals surface area (Å²) >= 11 is 1.62. The van der Waals surface area contributed by atoms with Gasteiger partial charge in [0.15, 0.2) is 0 Å². The van der Waals surface area contributed by atoms with Crippen LogP contribution in [0.1, 0.15) is 31.6 Å². The molecule has 0 aromatic carbocycles. The van der Waals surface area contributed by atoms with Crippen molar-refractivity contribution in [2.45, 2.75) is 51.2 Å². The summed E-state index contributed by atoms with van der Waals surface area (Å²) in [4.78, 5) is 32.3. The first-order valence-corrected chi connectivity index (χ1v) is 9.43. The molecule has 3 rings (SSSR count). The fourth-order valence-electron chi connectivity index (χ4n) is 3.24. The maximum atomic E-state index is 12.9.